The molecule has 0 saturated carbocycles. The first-order valence-electron chi connectivity index (χ1n) is 7.56. The first-order valence-corrected chi connectivity index (χ1v) is 8.95. The average molecular weight is 311 g/mol. The van der Waals surface area contributed by atoms with Crippen molar-refractivity contribution >= 4 is 17.7 Å². The molecule has 118 valence electrons. The molecule has 0 aliphatic carbocycles. The molecule has 1 atom stereocenters. The standard InChI is InChI=1S/C14H25N5OS/c1-4-11(10-21-3)18(2)14(20)13-9-19(17-16-13)12-5-7-15-8-6-12/h9,11-12,15H,4-8,10H2,1-3H3. The van der Waals surface area contributed by atoms with Crippen molar-refractivity contribution in [1.29, 1.82) is 0 Å². The van der Waals surface area contributed by atoms with Crippen LogP contribution >= 0.6 is 11.8 Å². The summed E-state index contributed by atoms with van der Waals surface area (Å²) in [5.74, 6) is 0.914. The second-order valence-electron chi connectivity index (χ2n) is 5.50. The molecule has 2 heterocycles. The molecule has 0 radical (unpaired) electrons. The summed E-state index contributed by atoms with van der Waals surface area (Å²) in [6.07, 6.45) is 6.90. The van der Waals surface area contributed by atoms with Gasteiger partial charge < -0.3 is 10.2 Å². The number of thioether (sulfide) groups is 1. The third kappa shape index (κ3) is 3.97. The van der Waals surface area contributed by atoms with E-state index in [-0.39, 0.29) is 11.9 Å². The minimum Gasteiger partial charge on any atom is -0.336 e. The summed E-state index contributed by atoms with van der Waals surface area (Å²) in [7, 11) is 1.86. The lowest BCUT2D eigenvalue weighted by Crippen LogP contribution is -2.38. The minimum absolute atomic E-state index is 0.0314. The number of rotatable bonds is 6. The summed E-state index contributed by atoms with van der Waals surface area (Å²) < 4.78 is 1.86. The number of aromatic nitrogens is 3. The molecule has 7 heteroatoms. The van der Waals surface area contributed by atoms with Crippen molar-refractivity contribution in [2.24, 2.45) is 0 Å². The van der Waals surface area contributed by atoms with Crippen LogP contribution in [0.5, 0.6) is 0 Å². The highest BCUT2D eigenvalue weighted by Gasteiger charge is 2.23. The number of hydrogen-bond donors (Lipinski definition) is 1. The smallest absolute Gasteiger partial charge is 0.276 e. The quantitative estimate of drug-likeness (QED) is 0.861. The van der Waals surface area contributed by atoms with Gasteiger partial charge in [-0.15, -0.1) is 5.10 Å². The highest BCUT2D eigenvalue weighted by atomic mass is 32.2. The van der Waals surface area contributed by atoms with Crippen LogP contribution in [0.15, 0.2) is 6.20 Å². The zero-order chi connectivity index (χ0) is 15.2. The molecular formula is C14H25N5OS. The molecule has 21 heavy (non-hydrogen) atoms. The molecule has 6 nitrogen and oxygen atoms in total. The third-order valence-electron chi connectivity index (χ3n) is 4.11. The van der Waals surface area contributed by atoms with Crippen molar-refractivity contribution in [3.8, 4) is 0 Å². The van der Waals surface area contributed by atoms with E-state index in [0.717, 1.165) is 38.1 Å². The van der Waals surface area contributed by atoms with Gasteiger partial charge in [-0.2, -0.15) is 11.8 Å². The van der Waals surface area contributed by atoms with Gasteiger partial charge in [-0.25, -0.2) is 4.68 Å². The zero-order valence-electron chi connectivity index (χ0n) is 13.1. The molecule has 1 amide bonds. The van der Waals surface area contributed by atoms with Crippen LogP contribution in [0.2, 0.25) is 0 Å². The Hall–Kier alpha value is -1.08. The fraction of sp³-hybridized carbons (Fsp3) is 0.786. The van der Waals surface area contributed by atoms with Gasteiger partial charge in [0.05, 0.1) is 12.2 Å². The molecule has 0 aromatic carbocycles. The van der Waals surface area contributed by atoms with Crippen molar-refractivity contribution in [3.63, 3.8) is 0 Å². The molecule has 1 aliphatic heterocycles. The number of carbonyl (C=O) groups excluding carboxylic acids is 1. The highest BCUT2D eigenvalue weighted by molar-refractivity contribution is 7.98. The van der Waals surface area contributed by atoms with E-state index in [4.69, 9.17) is 0 Å². The molecule has 1 N–H and O–H groups in total. The number of amides is 1. The maximum Gasteiger partial charge on any atom is 0.276 e. The summed E-state index contributed by atoms with van der Waals surface area (Å²) in [5, 5.41) is 11.6. The van der Waals surface area contributed by atoms with Crippen LogP contribution in [0, 0.1) is 0 Å². The van der Waals surface area contributed by atoms with Gasteiger partial charge in [-0.05, 0) is 38.6 Å². The number of carbonyl (C=O) groups is 1. The Balaban J connectivity index is 2.03. The highest BCUT2D eigenvalue weighted by Crippen LogP contribution is 2.18. The molecule has 0 bridgehead atoms. The Labute approximate surface area is 130 Å². The summed E-state index contributed by atoms with van der Waals surface area (Å²) in [6.45, 7) is 4.11. The van der Waals surface area contributed by atoms with Gasteiger partial charge in [0.1, 0.15) is 0 Å². The predicted molar refractivity (Wildman–Crippen MR) is 85.7 cm³/mol. The lowest BCUT2D eigenvalue weighted by molar-refractivity contribution is 0.0737. The Bertz CT molecular complexity index is 458. The first-order chi connectivity index (χ1) is 10.2. The molecule has 0 spiro atoms. The lowest BCUT2D eigenvalue weighted by atomic mass is 10.1. The minimum atomic E-state index is -0.0314. The second kappa shape index (κ2) is 7.79. The molecular weight excluding hydrogens is 286 g/mol. The van der Waals surface area contributed by atoms with E-state index in [1.807, 2.05) is 11.7 Å². The van der Waals surface area contributed by atoms with Gasteiger partial charge in [0.25, 0.3) is 5.91 Å². The topological polar surface area (TPSA) is 63.1 Å². The Morgan fingerprint density at radius 3 is 2.90 bits per heavy atom. The van der Waals surface area contributed by atoms with Crippen LogP contribution < -0.4 is 5.32 Å². The lowest BCUT2D eigenvalue weighted by Gasteiger charge is -2.26. The Morgan fingerprint density at radius 1 is 1.57 bits per heavy atom. The molecule has 1 aliphatic rings. The Kier molecular flexibility index (Phi) is 6.05. The van der Waals surface area contributed by atoms with Crippen LogP contribution in [0.25, 0.3) is 0 Å². The summed E-state index contributed by atoms with van der Waals surface area (Å²) >= 11 is 1.76. The normalized spacial score (nSPS) is 17.7. The van der Waals surface area contributed by atoms with E-state index >= 15 is 0 Å². The fourth-order valence-electron chi connectivity index (χ4n) is 2.67. The second-order valence-corrected chi connectivity index (χ2v) is 6.41. The largest absolute Gasteiger partial charge is 0.336 e. The maximum atomic E-state index is 12.5. The van der Waals surface area contributed by atoms with Crippen molar-refractivity contribution in [1.82, 2.24) is 25.2 Å². The van der Waals surface area contributed by atoms with Gasteiger partial charge in [0.2, 0.25) is 0 Å². The average Bonchev–Trinajstić information content (AvgIpc) is 3.02. The van der Waals surface area contributed by atoms with Gasteiger partial charge in [-0.3, -0.25) is 4.79 Å². The van der Waals surface area contributed by atoms with Crippen LogP contribution in [-0.2, 0) is 0 Å². The molecule has 1 aromatic heterocycles. The number of piperidine rings is 1. The van der Waals surface area contributed by atoms with E-state index in [9.17, 15) is 4.79 Å². The number of nitrogens with one attached hydrogen (secondary N) is 1. The SMILES string of the molecule is CCC(CSC)N(C)C(=O)c1cn(C2CCNCC2)nn1. The van der Waals surface area contributed by atoms with Crippen LogP contribution in [0.3, 0.4) is 0 Å². The van der Waals surface area contributed by atoms with Crippen LogP contribution in [0.4, 0.5) is 0 Å². The monoisotopic (exact) mass is 311 g/mol. The van der Waals surface area contributed by atoms with Crippen LogP contribution in [-0.4, -0.2) is 64.0 Å². The molecule has 1 saturated heterocycles. The van der Waals surface area contributed by atoms with E-state index in [0.29, 0.717) is 11.7 Å². The van der Waals surface area contributed by atoms with Crippen molar-refractivity contribution in [2.75, 3.05) is 32.1 Å². The van der Waals surface area contributed by atoms with Crippen molar-refractivity contribution in [2.45, 2.75) is 38.3 Å². The van der Waals surface area contributed by atoms with Crippen molar-refractivity contribution in [3.05, 3.63) is 11.9 Å². The van der Waals surface area contributed by atoms with E-state index < -0.39 is 0 Å². The fourth-order valence-corrected chi connectivity index (χ4v) is 3.51. The maximum absolute atomic E-state index is 12.5. The summed E-state index contributed by atoms with van der Waals surface area (Å²) in [4.78, 5) is 14.3. The van der Waals surface area contributed by atoms with Gasteiger partial charge in [-0.1, -0.05) is 12.1 Å². The van der Waals surface area contributed by atoms with Gasteiger partial charge >= 0.3 is 0 Å². The number of hydrogen-bond acceptors (Lipinski definition) is 5. The summed E-state index contributed by atoms with van der Waals surface area (Å²) in [6, 6.07) is 0.607. The first kappa shape index (κ1) is 16.3. The molecule has 1 fully saturated rings. The van der Waals surface area contributed by atoms with Crippen molar-refractivity contribution < 1.29 is 4.79 Å². The third-order valence-corrected chi connectivity index (χ3v) is 4.83. The Morgan fingerprint density at radius 2 is 2.29 bits per heavy atom. The summed E-state index contributed by atoms with van der Waals surface area (Å²) in [5.41, 5.74) is 0.454. The van der Waals surface area contributed by atoms with Gasteiger partial charge in [0.15, 0.2) is 5.69 Å². The molecule has 2 rings (SSSR count). The molecule has 1 aromatic rings. The molecule has 1 unspecified atom stereocenters. The van der Waals surface area contributed by atoms with E-state index in [1.165, 1.54) is 0 Å². The number of nitrogens with zero attached hydrogens (tertiary/aromatic N) is 4. The van der Waals surface area contributed by atoms with Gasteiger partial charge in [0, 0.05) is 18.8 Å². The predicted octanol–water partition coefficient (Wildman–Crippen LogP) is 1.42. The van der Waals surface area contributed by atoms with E-state index in [1.54, 1.807) is 22.9 Å². The zero-order valence-corrected chi connectivity index (χ0v) is 13.9. The van der Waals surface area contributed by atoms with Crippen LogP contribution in [0.1, 0.15) is 42.7 Å². The van der Waals surface area contributed by atoms with E-state index in [2.05, 4.69) is 28.8 Å².